The van der Waals surface area contributed by atoms with E-state index in [2.05, 4.69) is 5.32 Å². The topological polar surface area (TPSA) is 49.0 Å². The Hall–Kier alpha value is -0.200. The van der Waals surface area contributed by atoms with Crippen molar-refractivity contribution in [2.24, 2.45) is 5.41 Å². The number of rotatable bonds is 12. The average Bonchev–Trinajstić information content (AvgIpc) is 2.48. The minimum absolute atomic E-state index is 0.327. The van der Waals surface area contributed by atoms with Gasteiger partial charge in [0.15, 0.2) is 0 Å². The van der Waals surface area contributed by atoms with Crippen molar-refractivity contribution in [1.29, 1.82) is 0 Å². The van der Waals surface area contributed by atoms with Crippen LogP contribution in [0.15, 0.2) is 0 Å². The molecule has 5 heteroatoms. The van der Waals surface area contributed by atoms with Gasteiger partial charge in [-0.05, 0) is 31.1 Å². The predicted octanol–water partition coefficient (Wildman–Crippen LogP) is 1.46. The Balaban J connectivity index is 2.20. The Kier molecular flexibility index (Phi) is 10.2. The fraction of sp³-hybridized carbons (Fsp3) is 1.00. The SMILES string of the molecule is COCCCOCCC1(CNCCOC)CCOCC1. The van der Waals surface area contributed by atoms with Crippen molar-refractivity contribution in [2.75, 3.05) is 67.0 Å². The molecule has 1 aliphatic rings. The molecule has 0 radical (unpaired) electrons. The molecule has 0 aromatic carbocycles. The van der Waals surface area contributed by atoms with Crippen LogP contribution in [0.1, 0.15) is 25.7 Å². The normalized spacial score (nSPS) is 18.3. The van der Waals surface area contributed by atoms with E-state index in [4.69, 9.17) is 18.9 Å². The highest BCUT2D eigenvalue weighted by Gasteiger charge is 2.31. The summed E-state index contributed by atoms with van der Waals surface area (Å²) in [6, 6.07) is 0. The first-order valence-electron chi connectivity index (χ1n) is 7.67. The second-order valence-corrected chi connectivity index (χ2v) is 5.49. The zero-order valence-corrected chi connectivity index (χ0v) is 13.1. The summed E-state index contributed by atoms with van der Waals surface area (Å²) in [6.45, 7) is 6.84. The van der Waals surface area contributed by atoms with E-state index < -0.39 is 0 Å². The largest absolute Gasteiger partial charge is 0.385 e. The summed E-state index contributed by atoms with van der Waals surface area (Å²) in [4.78, 5) is 0. The molecular weight excluding hydrogens is 258 g/mol. The minimum Gasteiger partial charge on any atom is -0.385 e. The number of hydrogen-bond acceptors (Lipinski definition) is 5. The van der Waals surface area contributed by atoms with Crippen LogP contribution >= 0.6 is 0 Å². The van der Waals surface area contributed by atoms with Crippen LogP contribution in [-0.4, -0.2) is 67.0 Å². The number of methoxy groups -OCH3 is 2. The van der Waals surface area contributed by atoms with Crippen LogP contribution in [0.5, 0.6) is 0 Å². The van der Waals surface area contributed by atoms with Crippen LogP contribution in [0.3, 0.4) is 0 Å². The molecule has 0 spiro atoms. The van der Waals surface area contributed by atoms with E-state index in [1.807, 2.05) is 0 Å². The molecule has 1 fully saturated rings. The number of ether oxygens (including phenoxy) is 4. The van der Waals surface area contributed by atoms with Crippen molar-refractivity contribution in [1.82, 2.24) is 5.32 Å². The van der Waals surface area contributed by atoms with Crippen molar-refractivity contribution in [3.63, 3.8) is 0 Å². The maximum atomic E-state index is 5.72. The van der Waals surface area contributed by atoms with Gasteiger partial charge in [-0.3, -0.25) is 0 Å². The molecule has 0 amide bonds. The summed E-state index contributed by atoms with van der Waals surface area (Å²) in [5, 5.41) is 3.50. The zero-order chi connectivity index (χ0) is 14.5. The van der Waals surface area contributed by atoms with Gasteiger partial charge in [-0.15, -0.1) is 0 Å². The summed E-state index contributed by atoms with van der Waals surface area (Å²) in [6.07, 6.45) is 4.31. The molecular formula is C15H31NO4. The first kappa shape index (κ1) is 17.9. The van der Waals surface area contributed by atoms with E-state index in [9.17, 15) is 0 Å². The van der Waals surface area contributed by atoms with Gasteiger partial charge in [0.1, 0.15) is 0 Å². The van der Waals surface area contributed by atoms with Gasteiger partial charge >= 0.3 is 0 Å². The maximum Gasteiger partial charge on any atom is 0.0587 e. The zero-order valence-electron chi connectivity index (χ0n) is 13.1. The van der Waals surface area contributed by atoms with Crippen LogP contribution < -0.4 is 5.32 Å². The van der Waals surface area contributed by atoms with Crippen LogP contribution in [0.4, 0.5) is 0 Å². The fourth-order valence-electron chi connectivity index (χ4n) is 2.54. The third-order valence-electron chi connectivity index (χ3n) is 3.95. The molecule has 1 rings (SSSR count). The second-order valence-electron chi connectivity index (χ2n) is 5.49. The van der Waals surface area contributed by atoms with Gasteiger partial charge in [-0.1, -0.05) is 0 Å². The average molecular weight is 289 g/mol. The van der Waals surface area contributed by atoms with Gasteiger partial charge in [-0.2, -0.15) is 0 Å². The Morgan fingerprint density at radius 3 is 2.45 bits per heavy atom. The summed E-state index contributed by atoms with van der Waals surface area (Å²) in [5.41, 5.74) is 0.327. The van der Waals surface area contributed by atoms with E-state index in [1.165, 1.54) is 0 Å². The van der Waals surface area contributed by atoms with E-state index in [1.54, 1.807) is 14.2 Å². The van der Waals surface area contributed by atoms with Gasteiger partial charge in [-0.25, -0.2) is 0 Å². The molecule has 1 heterocycles. The molecule has 1 saturated heterocycles. The molecule has 120 valence electrons. The van der Waals surface area contributed by atoms with E-state index in [0.29, 0.717) is 5.41 Å². The first-order chi connectivity index (χ1) is 9.83. The molecule has 0 saturated carbocycles. The Bertz CT molecular complexity index is 220. The Labute approximate surface area is 123 Å². The van der Waals surface area contributed by atoms with Gasteiger partial charge in [0.2, 0.25) is 0 Å². The van der Waals surface area contributed by atoms with Crippen molar-refractivity contribution in [2.45, 2.75) is 25.7 Å². The lowest BCUT2D eigenvalue weighted by molar-refractivity contribution is -0.00800. The first-order valence-corrected chi connectivity index (χ1v) is 7.67. The van der Waals surface area contributed by atoms with Gasteiger partial charge in [0, 0.05) is 60.3 Å². The number of nitrogens with one attached hydrogen (secondary N) is 1. The van der Waals surface area contributed by atoms with E-state index in [-0.39, 0.29) is 0 Å². The van der Waals surface area contributed by atoms with Crippen LogP contribution in [0.25, 0.3) is 0 Å². The van der Waals surface area contributed by atoms with Gasteiger partial charge in [0.05, 0.1) is 6.61 Å². The predicted molar refractivity (Wildman–Crippen MR) is 79.2 cm³/mol. The van der Waals surface area contributed by atoms with Gasteiger partial charge in [0.25, 0.3) is 0 Å². The van der Waals surface area contributed by atoms with Crippen LogP contribution in [-0.2, 0) is 18.9 Å². The van der Waals surface area contributed by atoms with Crippen molar-refractivity contribution < 1.29 is 18.9 Å². The standard InChI is InChI=1S/C15H31NO4/c1-17-8-3-9-19-10-4-15(5-11-20-12-6-15)14-16-7-13-18-2/h16H,3-14H2,1-2H3. The second kappa shape index (κ2) is 11.5. The minimum atomic E-state index is 0.327. The van der Waals surface area contributed by atoms with Crippen molar-refractivity contribution in [3.8, 4) is 0 Å². The quantitative estimate of drug-likeness (QED) is 0.551. The lowest BCUT2D eigenvalue weighted by atomic mass is 9.77. The Morgan fingerprint density at radius 1 is 1.00 bits per heavy atom. The van der Waals surface area contributed by atoms with Crippen molar-refractivity contribution >= 4 is 0 Å². The fourth-order valence-corrected chi connectivity index (χ4v) is 2.54. The third-order valence-corrected chi connectivity index (χ3v) is 3.95. The molecule has 0 atom stereocenters. The summed E-state index contributed by atoms with van der Waals surface area (Å²) in [5.74, 6) is 0. The summed E-state index contributed by atoms with van der Waals surface area (Å²) in [7, 11) is 3.46. The molecule has 0 aliphatic carbocycles. The smallest absolute Gasteiger partial charge is 0.0587 e. The molecule has 0 aromatic rings. The van der Waals surface area contributed by atoms with Gasteiger partial charge < -0.3 is 24.3 Å². The molecule has 5 nitrogen and oxygen atoms in total. The summed E-state index contributed by atoms with van der Waals surface area (Å²) >= 11 is 0. The molecule has 1 aliphatic heterocycles. The lowest BCUT2D eigenvalue weighted by Crippen LogP contribution is -2.41. The molecule has 0 unspecified atom stereocenters. The molecule has 0 aromatic heterocycles. The highest BCUT2D eigenvalue weighted by atomic mass is 16.5. The van der Waals surface area contributed by atoms with Crippen LogP contribution in [0.2, 0.25) is 0 Å². The third kappa shape index (κ3) is 7.55. The van der Waals surface area contributed by atoms with E-state index in [0.717, 1.165) is 78.4 Å². The summed E-state index contributed by atoms with van der Waals surface area (Å²) < 4.78 is 21.3. The monoisotopic (exact) mass is 289 g/mol. The lowest BCUT2D eigenvalue weighted by Gasteiger charge is -2.37. The van der Waals surface area contributed by atoms with Crippen molar-refractivity contribution in [3.05, 3.63) is 0 Å². The highest BCUT2D eigenvalue weighted by Crippen LogP contribution is 2.33. The highest BCUT2D eigenvalue weighted by molar-refractivity contribution is 4.84. The van der Waals surface area contributed by atoms with E-state index >= 15 is 0 Å². The molecule has 20 heavy (non-hydrogen) atoms. The number of hydrogen-bond donors (Lipinski definition) is 1. The maximum absolute atomic E-state index is 5.72. The Morgan fingerprint density at radius 2 is 1.75 bits per heavy atom. The van der Waals surface area contributed by atoms with Crippen LogP contribution in [0, 0.1) is 5.41 Å². The molecule has 0 bridgehead atoms. The molecule has 1 N–H and O–H groups in total.